The van der Waals surface area contributed by atoms with Gasteiger partial charge >= 0.3 is 6.18 Å². The Bertz CT molecular complexity index is 1240. The second-order valence-electron chi connectivity index (χ2n) is 6.73. The van der Waals surface area contributed by atoms with Gasteiger partial charge in [0.25, 0.3) is 5.91 Å². The summed E-state index contributed by atoms with van der Waals surface area (Å²) in [4.78, 5) is 16.9. The molecule has 2 aromatic heterocycles. The lowest BCUT2D eigenvalue weighted by Gasteiger charge is -2.12. The van der Waals surface area contributed by atoms with Crippen LogP contribution in [0.5, 0.6) is 0 Å². The number of carbonyl (C=O) groups is 1. The van der Waals surface area contributed by atoms with E-state index in [1.54, 1.807) is 6.92 Å². The van der Waals surface area contributed by atoms with Gasteiger partial charge in [0, 0.05) is 13.1 Å². The summed E-state index contributed by atoms with van der Waals surface area (Å²) >= 11 is 0. The van der Waals surface area contributed by atoms with Crippen LogP contribution < -0.4 is 5.32 Å². The van der Waals surface area contributed by atoms with E-state index in [9.17, 15) is 22.4 Å². The van der Waals surface area contributed by atoms with E-state index in [0.29, 0.717) is 17.1 Å². The monoisotopic (exact) mass is 432 g/mol. The number of amides is 1. The lowest BCUT2D eigenvalue weighted by atomic mass is 10.2. The molecule has 4 aromatic rings. The molecule has 0 aliphatic heterocycles. The average Bonchev–Trinajstić information content (AvgIpc) is 3.30. The quantitative estimate of drug-likeness (QED) is 0.490. The Morgan fingerprint density at radius 1 is 1.10 bits per heavy atom. The van der Waals surface area contributed by atoms with Crippen LogP contribution in [0.4, 0.5) is 17.6 Å². The topological polar surface area (TPSA) is 77.6 Å². The molecule has 0 aliphatic carbocycles. The van der Waals surface area contributed by atoms with Crippen molar-refractivity contribution < 1.29 is 22.4 Å². The second-order valence-corrected chi connectivity index (χ2v) is 6.73. The van der Waals surface area contributed by atoms with Crippen molar-refractivity contribution in [3.63, 3.8) is 0 Å². The van der Waals surface area contributed by atoms with Gasteiger partial charge in [-0.3, -0.25) is 4.79 Å². The summed E-state index contributed by atoms with van der Waals surface area (Å²) in [5.74, 6) is -0.908. The molecule has 0 saturated carbocycles. The molecule has 160 valence electrons. The Kier molecular flexibility index (Phi) is 5.17. The van der Waals surface area contributed by atoms with Crippen LogP contribution in [0.1, 0.15) is 22.0 Å². The molecule has 31 heavy (non-hydrogen) atoms. The number of nitrogens with one attached hydrogen (secondary N) is 1. The first-order valence-electron chi connectivity index (χ1n) is 9.24. The van der Waals surface area contributed by atoms with Crippen LogP contribution >= 0.6 is 0 Å². The van der Waals surface area contributed by atoms with E-state index >= 15 is 0 Å². The number of aromatic nitrogens is 5. The van der Waals surface area contributed by atoms with Crippen LogP contribution in [0.3, 0.4) is 0 Å². The standard InChI is InChI=1S/C20H16F4N6O/c1-12-26-15-4-2-3-5-16(15)29(12)11-10-25-19(31)17-18(20(22,23)24)30(28-27-17)14-8-6-13(21)7-9-14/h2-9H,10-11H2,1H3,(H,25,31). The first-order chi connectivity index (χ1) is 14.8. The molecular weight excluding hydrogens is 416 g/mol. The Morgan fingerprint density at radius 2 is 1.81 bits per heavy atom. The minimum Gasteiger partial charge on any atom is -0.349 e. The van der Waals surface area contributed by atoms with Crippen molar-refractivity contribution in [3.05, 3.63) is 71.6 Å². The summed E-state index contributed by atoms with van der Waals surface area (Å²) in [6.07, 6.45) is -4.90. The van der Waals surface area contributed by atoms with Crippen LogP contribution in [0.25, 0.3) is 16.7 Å². The molecular formula is C20H16F4N6O. The van der Waals surface area contributed by atoms with Gasteiger partial charge in [-0.05, 0) is 43.3 Å². The Morgan fingerprint density at radius 3 is 2.52 bits per heavy atom. The molecule has 11 heteroatoms. The van der Waals surface area contributed by atoms with Crippen molar-refractivity contribution in [1.29, 1.82) is 0 Å². The lowest BCUT2D eigenvalue weighted by molar-refractivity contribution is -0.143. The Hall–Kier alpha value is -3.76. The number of halogens is 4. The number of hydrogen-bond acceptors (Lipinski definition) is 4. The summed E-state index contributed by atoms with van der Waals surface area (Å²) in [6.45, 7) is 2.17. The highest BCUT2D eigenvalue weighted by molar-refractivity contribution is 5.93. The lowest BCUT2D eigenvalue weighted by Crippen LogP contribution is -2.30. The maximum Gasteiger partial charge on any atom is 0.435 e. The molecule has 0 fully saturated rings. The SMILES string of the molecule is Cc1nc2ccccc2n1CCNC(=O)c1nnn(-c2ccc(F)cc2)c1C(F)(F)F. The van der Waals surface area contributed by atoms with Gasteiger partial charge in [-0.15, -0.1) is 5.10 Å². The van der Waals surface area contributed by atoms with E-state index in [4.69, 9.17) is 0 Å². The van der Waals surface area contributed by atoms with Crippen LogP contribution in [0.2, 0.25) is 0 Å². The highest BCUT2D eigenvalue weighted by atomic mass is 19.4. The van der Waals surface area contributed by atoms with Crippen molar-refractivity contribution in [2.45, 2.75) is 19.6 Å². The fraction of sp³-hybridized carbons (Fsp3) is 0.200. The number of alkyl halides is 3. The first kappa shape index (κ1) is 20.5. The van der Waals surface area contributed by atoms with E-state index in [1.807, 2.05) is 28.8 Å². The highest BCUT2D eigenvalue weighted by Gasteiger charge is 2.42. The van der Waals surface area contributed by atoms with E-state index in [1.165, 1.54) is 0 Å². The average molecular weight is 432 g/mol. The summed E-state index contributed by atoms with van der Waals surface area (Å²) < 4.78 is 56.5. The summed E-state index contributed by atoms with van der Waals surface area (Å²) in [5, 5.41) is 9.35. The van der Waals surface area contributed by atoms with Gasteiger partial charge in [0.1, 0.15) is 11.6 Å². The molecule has 1 N–H and O–H groups in total. The molecule has 7 nitrogen and oxygen atoms in total. The van der Waals surface area contributed by atoms with Crippen molar-refractivity contribution in [1.82, 2.24) is 29.9 Å². The number of aryl methyl sites for hydroxylation is 1. The number of nitrogens with zero attached hydrogens (tertiary/aromatic N) is 5. The van der Waals surface area contributed by atoms with Gasteiger partial charge in [0.15, 0.2) is 11.4 Å². The third-order valence-corrected chi connectivity index (χ3v) is 4.69. The summed E-state index contributed by atoms with van der Waals surface area (Å²) in [7, 11) is 0. The molecule has 0 saturated heterocycles. The number of imidazole rings is 1. The molecule has 2 heterocycles. The molecule has 0 bridgehead atoms. The largest absolute Gasteiger partial charge is 0.435 e. The Labute approximate surface area is 173 Å². The minimum absolute atomic E-state index is 0.0563. The maximum absolute atomic E-state index is 13.7. The van der Waals surface area contributed by atoms with E-state index in [0.717, 1.165) is 35.3 Å². The van der Waals surface area contributed by atoms with Crippen molar-refractivity contribution in [2.75, 3.05) is 6.54 Å². The van der Waals surface area contributed by atoms with Gasteiger partial charge in [0.2, 0.25) is 0 Å². The number of carbonyl (C=O) groups excluding carboxylic acids is 1. The van der Waals surface area contributed by atoms with Crippen molar-refractivity contribution in [3.8, 4) is 5.69 Å². The molecule has 2 aromatic carbocycles. The summed E-state index contributed by atoms with van der Waals surface area (Å²) in [6, 6.07) is 11.6. The summed E-state index contributed by atoms with van der Waals surface area (Å²) in [5.41, 5.74) is -0.619. The number of benzene rings is 2. The van der Waals surface area contributed by atoms with E-state index < -0.39 is 29.3 Å². The van der Waals surface area contributed by atoms with Gasteiger partial charge < -0.3 is 9.88 Å². The molecule has 0 aliphatic rings. The normalized spacial score (nSPS) is 11.8. The second kappa shape index (κ2) is 7.82. The molecule has 0 atom stereocenters. The van der Waals surface area contributed by atoms with Crippen molar-refractivity contribution >= 4 is 16.9 Å². The molecule has 0 radical (unpaired) electrons. The first-order valence-corrected chi connectivity index (χ1v) is 9.24. The van der Waals surface area contributed by atoms with Crippen LogP contribution in [0, 0.1) is 12.7 Å². The third kappa shape index (κ3) is 3.98. The van der Waals surface area contributed by atoms with E-state index in [-0.39, 0.29) is 12.2 Å². The smallest absolute Gasteiger partial charge is 0.349 e. The van der Waals surface area contributed by atoms with Crippen molar-refractivity contribution in [2.24, 2.45) is 0 Å². The van der Waals surface area contributed by atoms with Crippen LogP contribution in [-0.2, 0) is 12.7 Å². The maximum atomic E-state index is 13.7. The predicted octanol–water partition coefficient (Wildman–Crippen LogP) is 3.51. The zero-order valence-corrected chi connectivity index (χ0v) is 16.2. The molecule has 0 spiro atoms. The zero-order chi connectivity index (χ0) is 22.2. The molecule has 1 amide bonds. The highest BCUT2D eigenvalue weighted by Crippen LogP contribution is 2.32. The number of fused-ring (bicyclic) bond motifs is 1. The minimum atomic E-state index is -4.90. The molecule has 0 unspecified atom stereocenters. The van der Waals surface area contributed by atoms with E-state index in [2.05, 4.69) is 20.6 Å². The Balaban J connectivity index is 1.56. The zero-order valence-electron chi connectivity index (χ0n) is 16.2. The van der Waals surface area contributed by atoms with Gasteiger partial charge in [-0.2, -0.15) is 13.2 Å². The number of para-hydroxylation sites is 2. The van der Waals surface area contributed by atoms with Crippen LogP contribution in [-0.4, -0.2) is 37.0 Å². The predicted molar refractivity (Wildman–Crippen MR) is 103 cm³/mol. The third-order valence-electron chi connectivity index (χ3n) is 4.69. The number of rotatable bonds is 5. The van der Waals surface area contributed by atoms with Crippen LogP contribution in [0.15, 0.2) is 48.5 Å². The van der Waals surface area contributed by atoms with Gasteiger partial charge in [0.05, 0.1) is 16.7 Å². The molecule has 4 rings (SSSR count). The van der Waals surface area contributed by atoms with Gasteiger partial charge in [-0.25, -0.2) is 14.1 Å². The van der Waals surface area contributed by atoms with Gasteiger partial charge in [-0.1, -0.05) is 17.3 Å². The number of hydrogen-bond donors (Lipinski definition) is 1. The fourth-order valence-corrected chi connectivity index (χ4v) is 3.30. The fourth-order valence-electron chi connectivity index (χ4n) is 3.30.